The highest BCUT2D eigenvalue weighted by atomic mass is 32.2. The fourth-order valence-corrected chi connectivity index (χ4v) is 2.61. The van der Waals surface area contributed by atoms with Gasteiger partial charge in [0.15, 0.2) is 0 Å². The molecule has 0 aromatic heterocycles. The van der Waals surface area contributed by atoms with Gasteiger partial charge >= 0.3 is 0 Å². The van der Waals surface area contributed by atoms with E-state index in [2.05, 4.69) is 4.72 Å². The number of aliphatic hydroxyl groups excluding tert-OH is 1. The zero-order valence-corrected chi connectivity index (χ0v) is 11.3. The van der Waals surface area contributed by atoms with E-state index in [9.17, 15) is 8.42 Å². The first-order chi connectivity index (χ1) is 8.40. The molecule has 1 aromatic rings. The van der Waals surface area contributed by atoms with Gasteiger partial charge in [0.25, 0.3) is 0 Å². The number of benzene rings is 1. The summed E-state index contributed by atoms with van der Waals surface area (Å²) in [5, 5.41) is 9.11. The van der Waals surface area contributed by atoms with Crippen molar-refractivity contribution >= 4 is 10.0 Å². The summed E-state index contributed by atoms with van der Waals surface area (Å²) < 4.78 is 36.3. The van der Waals surface area contributed by atoms with Gasteiger partial charge in [-0.1, -0.05) is 0 Å². The number of ether oxygens (including phenoxy) is 2. The Kier molecular flexibility index (Phi) is 4.94. The van der Waals surface area contributed by atoms with E-state index in [-0.39, 0.29) is 17.2 Å². The molecule has 2 N–H and O–H groups in total. The topological polar surface area (TPSA) is 84.9 Å². The lowest BCUT2D eigenvalue weighted by Gasteiger charge is -2.12. The van der Waals surface area contributed by atoms with Crippen LogP contribution in [0.2, 0.25) is 0 Å². The van der Waals surface area contributed by atoms with Crippen LogP contribution in [0.4, 0.5) is 0 Å². The normalized spacial score (nSPS) is 13.1. The van der Waals surface area contributed by atoms with Crippen molar-refractivity contribution in [2.24, 2.45) is 0 Å². The Balaban J connectivity index is 3.12. The molecule has 1 rings (SSSR count). The summed E-state index contributed by atoms with van der Waals surface area (Å²) in [5.41, 5.74) is 0. The van der Waals surface area contributed by atoms with Crippen LogP contribution in [0.3, 0.4) is 0 Å². The van der Waals surface area contributed by atoms with Gasteiger partial charge in [-0.25, -0.2) is 13.1 Å². The van der Waals surface area contributed by atoms with Crippen molar-refractivity contribution < 1.29 is 23.0 Å². The summed E-state index contributed by atoms with van der Waals surface area (Å²) in [7, 11) is -0.915. The third-order valence-electron chi connectivity index (χ3n) is 2.23. The first-order valence-electron chi connectivity index (χ1n) is 5.30. The molecule has 0 aliphatic rings. The Bertz CT molecular complexity index is 498. The fraction of sp³-hybridized carbons (Fsp3) is 0.455. The second-order valence-electron chi connectivity index (χ2n) is 3.72. The first-order valence-corrected chi connectivity index (χ1v) is 6.78. The number of aliphatic hydroxyl groups is 1. The van der Waals surface area contributed by atoms with E-state index in [1.807, 2.05) is 0 Å². The second kappa shape index (κ2) is 6.03. The molecule has 0 unspecified atom stereocenters. The highest BCUT2D eigenvalue weighted by Crippen LogP contribution is 2.27. The van der Waals surface area contributed by atoms with Crippen molar-refractivity contribution in [3.8, 4) is 11.5 Å². The summed E-state index contributed by atoms with van der Waals surface area (Å²) in [6.07, 6.45) is -0.767. The van der Waals surface area contributed by atoms with Crippen LogP contribution < -0.4 is 14.2 Å². The molecule has 0 fully saturated rings. The molecule has 0 heterocycles. The van der Waals surface area contributed by atoms with Crippen molar-refractivity contribution in [2.75, 3.05) is 20.8 Å². The lowest BCUT2D eigenvalue weighted by Crippen LogP contribution is -2.30. The molecule has 0 aliphatic carbocycles. The maximum atomic E-state index is 12.0. The molecule has 0 spiro atoms. The van der Waals surface area contributed by atoms with Gasteiger partial charge in [-0.05, 0) is 19.1 Å². The maximum Gasteiger partial charge on any atom is 0.244 e. The average Bonchev–Trinajstić information content (AvgIpc) is 2.35. The van der Waals surface area contributed by atoms with Crippen molar-refractivity contribution in [1.29, 1.82) is 0 Å². The molecule has 0 radical (unpaired) electrons. The van der Waals surface area contributed by atoms with Gasteiger partial charge in [-0.15, -0.1) is 0 Å². The summed E-state index contributed by atoms with van der Waals surface area (Å²) in [6.45, 7) is 1.42. The molecule has 0 saturated heterocycles. The number of nitrogens with one attached hydrogen (secondary N) is 1. The molecule has 7 heteroatoms. The highest BCUT2D eigenvalue weighted by Gasteiger charge is 2.20. The second-order valence-corrected chi connectivity index (χ2v) is 5.45. The average molecular weight is 275 g/mol. The monoisotopic (exact) mass is 275 g/mol. The van der Waals surface area contributed by atoms with Crippen molar-refractivity contribution in [3.05, 3.63) is 18.2 Å². The van der Waals surface area contributed by atoms with E-state index in [0.29, 0.717) is 5.75 Å². The molecule has 1 atom stereocenters. The minimum atomic E-state index is -3.75. The molecule has 0 bridgehead atoms. The Labute approximate surface area is 107 Å². The van der Waals surface area contributed by atoms with E-state index in [4.69, 9.17) is 14.6 Å². The summed E-state index contributed by atoms with van der Waals surface area (Å²) >= 11 is 0. The molecule has 18 heavy (non-hydrogen) atoms. The third-order valence-corrected chi connectivity index (χ3v) is 3.67. The maximum absolute atomic E-state index is 12.0. The highest BCUT2D eigenvalue weighted by molar-refractivity contribution is 7.89. The van der Waals surface area contributed by atoms with Crippen LogP contribution in [0.25, 0.3) is 0 Å². The van der Waals surface area contributed by atoms with Gasteiger partial charge in [-0.3, -0.25) is 0 Å². The lowest BCUT2D eigenvalue weighted by atomic mass is 10.3. The molecular weight excluding hydrogens is 258 g/mol. The summed E-state index contributed by atoms with van der Waals surface area (Å²) in [5.74, 6) is 0.627. The zero-order chi connectivity index (χ0) is 13.8. The van der Waals surface area contributed by atoms with Crippen molar-refractivity contribution in [1.82, 2.24) is 4.72 Å². The van der Waals surface area contributed by atoms with Gasteiger partial charge in [-0.2, -0.15) is 0 Å². The Morgan fingerprint density at radius 2 is 2.00 bits per heavy atom. The predicted octanol–water partition coefficient (Wildman–Crippen LogP) is 0.363. The number of sulfonamides is 1. The Morgan fingerprint density at radius 3 is 2.50 bits per heavy atom. The van der Waals surface area contributed by atoms with Gasteiger partial charge < -0.3 is 14.6 Å². The Morgan fingerprint density at radius 1 is 1.33 bits per heavy atom. The Hall–Kier alpha value is -1.31. The first kappa shape index (κ1) is 14.7. The third kappa shape index (κ3) is 3.59. The quantitative estimate of drug-likeness (QED) is 0.783. The van der Waals surface area contributed by atoms with E-state index >= 15 is 0 Å². The van der Waals surface area contributed by atoms with Crippen LogP contribution in [0.15, 0.2) is 23.1 Å². The molecular formula is C11H17NO5S. The van der Waals surface area contributed by atoms with Crippen LogP contribution in [-0.2, 0) is 10.0 Å². The SMILES string of the molecule is COc1ccc(OC)c(S(=O)(=O)NC[C@H](C)O)c1. The van der Waals surface area contributed by atoms with Crippen LogP contribution in [0.1, 0.15) is 6.92 Å². The molecule has 0 amide bonds. The molecule has 0 saturated carbocycles. The smallest absolute Gasteiger partial charge is 0.244 e. The van der Waals surface area contributed by atoms with Crippen LogP contribution >= 0.6 is 0 Å². The van der Waals surface area contributed by atoms with Gasteiger partial charge in [0.1, 0.15) is 16.4 Å². The van der Waals surface area contributed by atoms with E-state index in [1.165, 1.54) is 33.3 Å². The van der Waals surface area contributed by atoms with Crippen molar-refractivity contribution in [3.63, 3.8) is 0 Å². The zero-order valence-electron chi connectivity index (χ0n) is 10.5. The van der Waals surface area contributed by atoms with Gasteiger partial charge in [0.2, 0.25) is 10.0 Å². The van der Waals surface area contributed by atoms with Crippen LogP contribution in [-0.4, -0.2) is 40.4 Å². The molecule has 102 valence electrons. The van der Waals surface area contributed by atoms with E-state index < -0.39 is 16.1 Å². The largest absolute Gasteiger partial charge is 0.497 e. The van der Waals surface area contributed by atoms with E-state index in [0.717, 1.165) is 0 Å². The number of methoxy groups -OCH3 is 2. The fourth-order valence-electron chi connectivity index (χ4n) is 1.30. The van der Waals surface area contributed by atoms with Crippen LogP contribution in [0.5, 0.6) is 11.5 Å². The number of rotatable bonds is 6. The predicted molar refractivity (Wildman–Crippen MR) is 66.4 cm³/mol. The molecule has 1 aromatic carbocycles. The number of hydrogen-bond acceptors (Lipinski definition) is 5. The van der Waals surface area contributed by atoms with Gasteiger partial charge in [0.05, 0.1) is 20.3 Å². The van der Waals surface area contributed by atoms with Crippen molar-refractivity contribution in [2.45, 2.75) is 17.9 Å². The lowest BCUT2D eigenvalue weighted by molar-refractivity contribution is 0.198. The minimum Gasteiger partial charge on any atom is -0.497 e. The number of hydrogen-bond donors (Lipinski definition) is 2. The molecule has 6 nitrogen and oxygen atoms in total. The summed E-state index contributed by atoms with van der Waals surface area (Å²) in [6, 6.07) is 4.48. The van der Waals surface area contributed by atoms with Crippen LogP contribution in [0, 0.1) is 0 Å². The summed E-state index contributed by atoms with van der Waals surface area (Å²) in [4.78, 5) is -0.0231. The van der Waals surface area contributed by atoms with Gasteiger partial charge in [0, 0.05) is 12.6 Å². The standard InChI is InChI=1S/C11H17NO5S/c1-8(13)7-12-18(14,15)11-6-9(16-2)4-5-10(11)17-3/h4-6,8,12-13H,7H2,1-3H3/t8-/m0/s1. The molecule has 0 aliphatic heterocycles. The van der Waals surface area contributed by atoms with E-state index in [1.54, 1.807) is 6.07 Å². The minimum absolute atomic E-state index is 0.0231.